The Hall–Kier alpha value is -3.18. The van der Waals surface area contributed by atoms with E-state index in [9.17, 15) is 18.3 Å². The number of primary sulfonamides is 1. The number of aliphatic hydroxyl groups is 1. The van der Waals surface area contributed by atoms with Gasteiger partial charge in [-0.1, -0.05) is 36.5 Å². The molecule has 2 fully saturated rings. The van der Waals surface area contributed by atoms with Gasteiger partial charge in [0.2, 0.25) is 10.0 Å². The third-order valence-corrected chi connectivity index (χ3v) is 11.2. The molecule has 0 spiro atoms. The first-order chi connectivity index (χ1) is 19.4. The Morgan fingerprint density at radius 2 is 1.71 bits per heavy atom. The number of rotatable bonds is 3. The molecule has 0 aromatic heterocycles. The highest BCUT2D eigenvalue weighted by Crippen LogP contribution is 2.66. The zero-order valence-electron chi connectivity index (χ0n) is 24.0. The lowest BCUT2D eigenvalue weighted by Crippen LogP contribution is -2.51. The van der Waals surface area contributed by atoms with Gasteiger partial charge in [-0.05, 0) is 110 Å². The molecular formula is C34H38N2O4S. The van der Waals surface area contributed by atoms with Crippen LogP contribution in [-0.4, -0.2) is 39.0 Å². The van der Waals surface area contributed by atoms with Crippen LogP contribution in [0.25, 0.3) is 0 Å². The maximum absolute atomic E-state index is 12.3. The number of nitrogens with zero attached hydrogens (tertiary/aromatic N) is 1. The number of anilines is 1. The maximum Gasteiger partial charge on any atom is 0.238 e. The molecule has 214 valence electrons. The van der Waals surface area contributed by atoms with Gasteiger partial charge in [0.05, 0.1) is 4.90 Å². The summed E-state index contributed by atoms with van der Waals surface area (Å²) in [4.78, 5) is 14.5. The molecule has 0 heterocycles. The Morgan fingerprint density at radius 3 is 2.37 bits per heavy atom. The second-order valence-corrected chi connectivity index (χ2v) is 14.3. The van der Waals surface area contributed by atoms with E-state index in [0.717, 1.165) is 37.8 Å². The van der Waals surface area contributed by atoms with Gasteiger partial charge in [-0.3, -0.25) is 4.79 Å². The predicted molar refractivity (Wildman–Crippen MR) is 161 cm³/mol. The van der Waals surface area contributed by atoms with Crippen molar-refractivity contribution in [2.75, 3.05) is 19.0 Å². The highest BCUT2D eigenvalue weighted by molar-refractivity contribution is 7.89. The van der Waals surface area contributed by atoms with Gasteiger partial charge in [0, 0.05) is 43.1 Å². The number of carbonyl (C=O) groups is 1. The second kappa shape index (κ2) is 9.97. The van der Waals surface area contributed by atoms with Crippen molar-refractivity contribution in [1.82, 2.24) is 0 Å². The summed E-state index contributed by atoms with van der Waals surface area (Å²) in [6.45, 7) is 2.22. The fraction of sp³-hybridized carbons (Fsp3) is 0.441. The minimum atomic E-state index is -3.78. The minimum Gasteiger partial charge on any atom is -0.378 e. The normalized spacial score (nSPS) is 30.9. The van der Waals surface area contributed by atoms with Crippen molar-refractivity contribution in [3.63, 3.8) is 0 Å². The quantitative estimate of drug-likeness (QED) is 0.501. The van der Waals surface area contributed by atoms with Crippen LogP contribution in [0.3, 0.4) is 0 Å². The van der Waals surface area contributed by atoms with Crippen LogP contribution in [0.5, 0.6) is 0 Å². The van der Waals surface area contributed by atoms with Gasteiger partial charge in [0.25, 0.3) is 0 Å². The summed E-state index contributed by atoms with van der Waals surface area (Å²) in [6, 6.07) is 15.0. The van der Waals surface area contributed by atoms with E-state index in [1.807, 2.05) is 20.2 Å². The minimum absolute atomic E-state index is 0.0424. The van der Waals surface area contributed by atoms with E-state index in [1.54, 1.807) is 12.1 Å². The summed E-state index contributed by atoms with van der Waals surface area (Å²) in [5, 5.41) is 17.5. The molecule has 0 amide bonds. The van der Waals surface area contributed by atoms with Crippen molar-refractivity contribution in [3.8, 4) is 11.8 Å². The highest BCUT2D eigenvalue weighted by Gasteiger charge is 2.62. The van der Waals surface area contributed by atoms with E-state index in [4.69, 9.17) is 5.14 Å². The van der Waals surface area contributed by atoms with Gasteiger partial charge >= 0.3 is 0 Å². The van der Waals surface area contributed by atoms with Crippen LogP contribution in [0.2, 0.25) is 0 Å². The molecule has 0 aliphatic heterocycles. The molecule has 0 bridgehead atoms. The third kappa shape index (κ3) is 4.76. The molecule has 2 saturated carbocycles. The first kappa shape index (κ1) is 28.0. The lowest BCUT2D eigenvalue weighted by Gasteiger charge is -2.53. The number of benzene rings is 2. The largest absolute Gasteiger partial charge is 0.378 e. The van der Waals surface area contributed by atoms with Crippen molar-refractivity contribution in [3.05, 3.63) is 82.5 Å². The molecule has 6 nitrogen and oxygen atoms in total. The molecule has 7 heteroatoms. The van der Waals surface area contributed by atoms with Crippen molar-refractivity contribution in [2.45, 2.75) is 68.3 Å². The first-order valence-corrected chi connectivity index (χ1v) is 16.1. The second-order valence-electron chi connectivity index (χ2n) is 12.7. The van der Waals surface area contributed by atoms with E-state index in [1.165, 1.54) is 34.4 Å². The van der Waals surface area contributed by atoms with E-state index < -0.39 is 21.0 Å². The van der Waals surface area contributed by atoms with Gasteiger partial charge < -0.3 is 10.0 Å². The lowest BCUT2D eigenvalue weighted by molar-refractivity contribution is -0.114. The van der Waals surface area contributed by atoms with E-state index in [0.29, 0.717) is 30.2 Å². The van der Waals surface area contributed by atoms with Crippen molar-refractivity contribution >= 4 is 21.5 Å². The molecular weight excluding hydrogens is 532 g/mol. The Labute approximate surface area is 243 Å². The SMILES string of the molecule is CN(C)c1ccc([C@H]2C[C@@]3(C)[C@@H](CC[C@@]3(O)C#Cc3ccc(S(N)(=O)=O)cc3)[C@@H]3CCC4=CC(=O)CCC4=C32)cc1. The Bertz CT molecular complexity index is 1630. The first-order valence-electron chi connectivity index (χ1n) is 14.5. The maximum atomic E-state index is 12.3. The highest BCUT2D eigenvalue weighted by atomic mass is 32.2. The number of nitrogens with two attached hydrogens (primary N) is 1. The summed E-state index contributed by atoms with van der Waals surface area (Å²) in [5.74, 6) is 7.45. The Kier molecular flexibility index (Phi) is 6.80. The average molecular weight is 571 g/mol. The molecule has 0 unspecified atom stereocenters. The molecule has 2 aromatic rings. The zero-order chi connectivity index (χ0) is 29.2. The zero-order valence-corrected chi connectivity index (χ0v) is 24.8. The third-order valence-electron chi connectivity index (χ3n) is 10.3. The van der Waals surface area contributed by atoms with Crippen LogP contribution in [0.4, 0.5) is 5.69 Å². The Morgan fingerprint density at radius 1 is 1.00 bits per heavy atom. The fourth-order valence-electron chi connectivity index (χ4n) is 8.08. The molecule has 4 aliphatic carbocycles. The fourth-order valence-corrected chi connectivity index (χ4v) is 8.59. The van der Waals surface area contributed by atoms with E-state index >= 15 is 0 Å². The van der Waals surface area contributed by atoms with E-state index in [2.05, 4.69) is 47.9 Å². The predicted octanol–water partition coefficient (Wildman–Crippen LogP) is 5.08. The molecule has 0 radical (unpaired) electrons. The summed E-state index contributed by atoms with van der Waals surface area (Å²) < 4.78 is 23.3. The molecule has 5 atom stereocenters. The number of allylic oxidation sites excluding steroid dienone is 4. The van der Waals surface area contributed by atoms with Gasteiger partial charge in [0.15, 0.2) is 5.78 Å². The van der Waals surface area contributed by atoms with Gasteiger partial charge in [-0.15, -0.1) is 0 Å². The number of sulfonamides is 1. The Balaban J connectivity index is 1.42. The van der Waals surface area contributed by atoms with E-state index in [-0.39, 0.29) is 16.6 Å². The van der Waals surface area contributed by atoms with Crippen LogP contribution in [0.1, 0.15) is 68.9 Å². The molecule has 0 saturated heterocycles. The lowest BCUT2D eigenvalue weighted by atomic mass is 9.51. The van der Waals surface area contributed by atoms with Crippen LogP contribution in [0, 0.1) is 29.1 Å². The number of hydrogen-bond acceptors (Lipinski definition) is 5. The van der Waals surface area contributed by atoms with Crippen molar-refractivity contribution < 1.29 is 18.3 Å². The molecule has 41 heavy (non-hydrogen) atoms. The topological polar surface area (TPSA) is 101 Å². The standard InChI is InChI=1S/C34H38N2O4S/c1-33-21-30(23-6-9-25(10-7-23)36(2)3)32-28-15-11-26(37)20-24(28)8-14-29(32)31(33)17-19-34(33,38)18-16-22-4-12-27(13-5-22)41(35,39)40/h4-7,9-10,12-13,20,29-31,38H,8,11,14-15,17,19,21H2,1-3H3,(H2,35,39,40)/t29-,30+,31-,33-,34-/m0/s1. The van der Waals surface area contributed by atoms with Gasteiger partial charge in [-0.2, -0.15) is 0 Å². The average Bonchev–Trinajstić information content (AvgIpc) is 3.21. The number of fused-ring (bicyclic) bond motifs is 4. The summed E-state index contributed by atoms with van der Waals surface area (Å²) in [7, 11) is 0.303. The van der Waals surface area contributed by atoms with Crippen LogP contribution < -0.4 is 10.0 Å². The molecule has 2 aromatic carbocycles. The summed E-state index contributed by atoms with van der Waals surface area (Å²) >= 11 is 0. The van der Waals surface area contributed by atoms with Crippen molar-refractivity contribution in [1.29, 1.82) is 0 Å². The van der Waals surface area contributed by atoms with Crippen LogP contribution >= 0.6 is 0 Å². The summed E-state index contributed by atoms with van der Waals surface area (Å²) in [6.07, 6.45) is 7.46. The van der Waals surface area contributed by atoms with Crippen LogP contribution in [-0.2, 0) is 14.8 Å². The van der Waals surface area contributed by atoms with Crippen LogP contribution in [0.15, 0.2) is 76.2 Å². The molecule has 3 N–H and O–H groups in total. The van der Waals surface area contributed by atoms with Gasteiger partial charge in [0.1, 0.15) is 5.60 Å². The van der Waals surface area contributed by atoms with Gasteiger partial charge in [-0.25, -0.2) is 13.6 Å². The smallest absolute Gasteiger partial charge is 0.238 e. The summed E-state index contributed by atoms with van der Waals surface area (Å²) in [5.41, 5.74) is 5.55. The van der Waals surface area contributed by atoms with Crippen molar-refractivity contribution in [2.24, 2.45) is 22.4 Å². The molecule has 6 rings (SSSR count). The molecule has 4 aliphatic rings. The monoisotopic (exact) mass is 570 g/mol. The number of ketones is 1. The number of carbonyl (C=O) groups excluding carboxylic acids is 1. The number of hydrogen-bond donors (Lipinski definition) is 2.